The average Bonchev–Trinajstić information content (AvgIpc) is 2.73. The number of rotatable bonds is 6. The van der Waals surface area contributed by atoms with Crippen LogP contribution >= 0.6 is 11.8 Å². The number of amides is 1. The number of thioether (sulfide) groups is 1. The fraction of sp³-hybridized carbons (Fsp3) is 0.167. The Morgan fingerprint density at radius 1 is 1.00 bits per heavy atom. The molecule has 0 saturated heterocycles. The van der Waals surface area contributed by atoms with Gasteiger partial charge in [0, 0.05) is 22.9 Å². The summed E-state index contributed by atoms with van der Waals surface area (Å²) in [5.41, 5.74) is 3.05. The maximum atomic E-state index is 12.3. The van der Waals surface area contributed by atoms with Gasteiger partial charge in [0.25, 0.3) is 0 Å². The summed E-state index contributed by atoms with van der Waals surface area (Å²) < 4.78 is 5.34. The van der Waals surface area contributed by atoms with Gasteiger partial charge in [-0.2, -0.15) is 0 Å². The van der Waals surface area contributed by atoms with Gasteiger partial charge in [-0.05, 0) is 46.5 Å². The van der Waals surface area contributed by atoms with E-state index in [1.807, 2.05) is 60.7 Å². The third-order valence-electron chi connectivity index (χ3n) is 4.83. The van der Waals surface area contributed by atoms with Crippen molar-refractivity contribution in [1.82, 2.24) is 0 Å². The van der Waals surface area contributed by atoms with Crippen LogP contribution in [0.3, 0.4) is 0 Å². The van der Waals surface area contributed by atoms with Crippen LogP contribution in [0.5, 0.6) is 0 Å². The number of carbonyl (C=O) groups excluding carboxylic acids is 1. The summed E-state index contributed by atoms with van der Waals surface area (Å²) in [6.45, 7) is 2.06. The maximum Gasteiger partial charge on any atom is 0.336 e. The first-order chi connectivity index (χ1) is 14.1. The van der Waals surface area contributed by atoms with Gasteiger partial charge in [-0.25, -0.2) is 4.79 Å². The van der Waals surface area contributed by atoms with Gasteiger partial charge in [0.2, 0.25) is 5.91 Å². The van der Waals surface area contributed by atoms with Crippen molar-refractivity contribution in [3.05, 3.63) is 88.3 Å². The van der Waals surface area contributed by atoms with Crippen LogP contribution in [-0.2, 0) is 17.0 Å². The lowest BCUT2D eigenvalue weighted by atomic mass is 10.1. The van der Waals surface area contributed by atoms with Gasteiger partial charge < -0.3 is 9.73 Å². The molecule has 0 saturated carbocycles. The number of fused-ring (bicyclic) bond motifs is 2. The number of anilines is 1. The third-order valence-corrected chi connectivity index (χ3v) is 5.81. The molecule has 0 aliphatic carbocycles. The second kappa shape index (κ2) is 8.53. The lowest BCUT2D eigenvalue weighted by Gasteiger charge is -2.08. The monoisotopic (exact) mass is 403 g/mol. The van der Waals surface area contributed by atoms with Crippen LogP contribution in [0.15, 0.2) is 75.9 Å². The van der Waals surface area contributed by atoms with Crippen molar-refractivity contribution in [3.8, 4) is 0 Å². The van der Waals surface area contributed by atoms with Crippen LogP contribution in [0.1, 0.15) is 18.1 Å². The highest BCUT2D eigenvalue weighted by Gasteiger charge is 2.09. The second-order valence-electron chi connectivity index (χ2n) is 6.88. The molecular formula is C24H21NO3S. The zero-order valence-corrected chi connectivity index (χ0v) is 16.9. The minimum absolute atomic E-state index is 0.0641. The summed E-state index contributed by atoms with van der Waals surface area (Å²) in [5, 5.41) is 6.09. The highest BCUT2D eigenvalue weighted by atomic mass is 32.2. The molecule has 0 unspecified atom stereocenters. The first-order valence-electron chi connectivity index (χ1n) is 9.54. The fourth-order valence-electron chi connectivity index (χ4n) is 3.33. The highest BCUT2D eigenvalue weighted by molar-refractivity contribution is 7.99. The minimum atomic E-state index is -0.359. The zero-order valence-electron chi connectivity index (χ0n) is 16.1. The molecule has 1 amide bonds. The molecule has 4 rings (SSSR count). The van der Waals surface area contributed by atoms with Gasteiger partial charge in [0.15, 0.2) is 0 Å². The van der Waals surface area contributed by atoms with Crippen molar-refractivity contribution in [2.75, 3.05) is 11.1 Å². The van der Waals surface area contributed by atoms with Gasteiger partial charge in [-0.1, -0.05) is 49.4 Å². The van der Waals surface area contributed by atoms with E-state index in [-0.39, 0.29) is 11.5 Å². The maximum absolute atomic E-state index is 12.3. The first kappa shape index (κ1) is 19.3. The Morgan fingerprint density at radius 2 is 1.83 bits per heavy atom. The molecule has 1 aromatic heterocycles. The summed E-state index contributed by atoms with van der Waals surface area (Å²) in [5.74, 6) is 0.811. The number of hydrogen-bond acceptors (Lipinski definition) is 4. The van der Waals surface area contributed by atoms with Crippen LogP contribution in [0.25, 0.3) is 21.7 Å². The van der Waals surface area contributed by atoms with Crippen molar-refractivity contribution < 1.29 is 9.21 Å². The third kappa shape index (κ3) is 4.51. The van der Waals surface area contributed by atoms with E-state index >= 15 is 0 Å². The minimum Gasteiger partial charge on any atom is -0.423 e. The average molecular weight is 404 g/mol. The Kier molecular flexibility index (Phi) is 5.67. The Morgan fingerprint density at radius 3 is 2.66 bits per heavy atom. The van der Waals surface area contributed by atoms with Crippen LogP contribution in [0.4, 0.5) is 5.69 Å². The van der Waals surface area contributed by atoms with Crippen LogP contribution in [0, 0.1) is 0 Å². The van der Waals surface area contributed by atoms with Gasteiger partial charge in [-0.15, -0.1) is 11.8 Å². The number of aryl methyl sites for hydroxylation is 1. The predicted octanol–water partition coefficient (Wildman–Crippen LogP) is 5.38. The number of carbonyl (C=O) groups is 1. The van der Waals surface area contributed by atoms with Gasteiger partial charge >= 0.3 is 5.63 Å². The van der Waals surface area contributed by atoms with E-state index in [4.69, 9.17) is 4.42 Å². The number of benzene rings is 3. The van der Waals surface area contributed by atoms with Gasteiger partial charge in [0.05, 0.1) is 5.75 Å². The van der Waals surface area contributed by atoms with Crippen molar-refractivity contribution in [2.45, 2.75) is 19.1 Å². The predicted molar refractivity (Wildman–Crippen MR) is 121 cm³/mol. The molecule has 0 atom stereocenters. The molecule has 29 heavy (non-hydrogen) atoms. The quantitative estimate of drug-likeness (QED) is 0.439. The Bertz CT molecular complexity index is 1250. The van der Waals surface area contributed by atoms with Crippen molar-refractivity contribution in [3.63, 3.8) is 0 Å². The highest BCUT2D eigenvalue weighted by Crippen LogP contribution is 2.23. The molecule has 4 nitrogen and oxygen atoms in total. The largest absolute Gasteiger partial charge is 0.423 e. The normalized spacial score (nSPS) is 11.1. The standard InChI is InChI=1S/C24H21NO3S/c1-2-16-7-10-21-19(13-24(27)28-22(21)11-16)14-29-15-23(26)25-20-9-8-17-5-3-4-6-18(17)12-20/h3-13H,2,14-15H2,1H3,(H,25,26). The molecule has 0 radical (unpaired) electrons. The Balaban J connectivity index is 1.41. The molecule has 1 heterocycles. The van der Waals surface area contributed by atoms with E-state index in [0.29, 0.717) is 17.1 Å². The van der Waals surface area contributed by atoms with E-state index in [0.717, 1.165) is 39.4 Å². The lowest BCUT2D eigenvalue weighted by Crippen LogP contribution is -2.14. The molecule has 0 aliphatic heterocycles. The molecule has 3 aromatic carbocycles. The van der Waals surface area contributed by atoms with E-state index in [1.54, 1.807) is 0 Å². The number of nitrogens with one attached hydrogen (secondary N) is 1. The molecule has 5 heteroatoms. The molecule has 0 bridgehead atoms. The topological polar surface area (TPSA) is 59.3 Å². The van der Waals surface area contributed by atoms with Crippen LogP contribution in [-0.4, -0.2) is 11.7 Å². The summed E-state index contributed by atoms with van der Waals surface area (Å²) in [6, 6.07) is 21.4. The zero-order chi connectivity index (χ0) is 20.2. The van der Waals surface area contributed by atoms with E-state index in [2.05, 4.69) is 12.2 Å². The van der Waals surface area contributed by atoms with Crippen molar-refractivity contribution >= 4 is 45.1 Å². The van der Waals surface area contributed by atoms with Gasteiger partial charge in [-0.3, -0.25) is 4.79 Å². The van der Waals surface area contributed by atoms with E-state index < -0.39 is 0 Å². The number of hydrogen-bond donors (Lipinski definition) is 1. The van der Waals surface area contributed by atoms with Gasteiger partial charge in [0.1, 0.15) is 5.58 Å². The smallest absolute Gasteiger partial charge is 0.336 e. The van der Waals surface area contributed by atoms with Crippen molar-refractivity contribution in [2.24, 2.45) is 0 Å². The van der Waals surface area contributed by atoms with E-state index in [9.17, 15) is 9.59 Å². The molecular weight excluding hydrogens is 382 g/mol. The molecule has 1 N–H and O–H groups in total. The van der Waals surface area contributed by atoms with Crippen LogP contribution in [0.2, 0.25) is 0 Å². The summed E-state index contributed by atoms with van der Waals surface area (Å²) in [7, 11) is 0. The first-order valence-corrected chi connectivity index (χ1v) is 10.7. The lowest BCUT2D eigenvalue weighted by molar-refractivity contribution is -0.113. The van der Waals surface area contributed by atoms with Crippen molar-refractivity contribution in [1.29, 1.82) is 0 Å². The van der Waals surface area contributed by atoms with E-state index in [1.165, 1.54) is 17.8 Å². The molecule has 0 fully saturated rings. The summed E-state index contributed by atoms with van der Waals surface area (Å²) in [4.78, 5) is 24.2. The summed E-state index contributed by atoms with van der Waals surface area (Å²) >= 11 is 1.48. The fourth-order valence-corrected chi connectivity index (χ4v) is 4.15. The molecule has 4 aromatic rings. The SMILES string of the molecule is CCc1ccc2c(CSCC(=O)Nc3ccc4ccccc4c3)cc(=O)oc2c1. The Labute approximate surface area is 172 Å². The van der Waals surface area contributed by atoms with Crippen LogP contribution < -0.4 is 10.9 Å². The second-order valence-corrected chi connectivity index (χ2v) is 7.86. The molecule has 146 valence electrons. The molecule has 0 spiro atoms. The molecule has 0 aliphatic rings. The summed E-state index contributed by atoms with van der Waals surface area (Å²) in [6.07, 6.45) is 0.883. The Hall–Kier alpha value is -3.05.